The van der Waals surface area contributed by atoms with Crippen LogP contribution in [0.25, 0.3) is 0 Å². The second-order valence-corrected chi connectivity index (χ2v) is 4.83. The minimum atomic E-state index is -0.205. The fraction of sp³-hybridized carbons (Fsp3) is 0.200. The van der Waals surface area contributed by atoms with E-state index in [0.717, 1.165) is 5.56 Å². The van der Waals surface area contributed by atoms with Gasteiger partial charge in [0.15, 0.2) is 0 Å². The van der Waals surface area contributed by atoms with Gasteiger partial charge in [-0.25, -0.2) is 0 Å². The monoisotopic (exact) mass is 302 g/mol. The number of halogens is 1. The summed E-state index contributed by atoms with van der Waals surface area (Å²) >= 11 is 6.11. The molecule has 4 N–H and O–H groups in total. The Kier molecular flexibility index (Phi) is 4.99. The molecule has 2 aromatic rings. The highest BCUT2D eigenvalue weighted by Crippen LogP contribution is 2.18. The fourth-order valence-electron chi connectivity index (χ4n) is 1.76. The van der Waals surface area contributed by atoms with Crippen molar-refractivity contribution in [3.05, 3.63) is 52.3 Å². The van der Waals surface area contributed by atoms with Crippen LogP contribution in [0.2, 0.25) is 5.02 Å². The van der Waals surface area contributed by atoms with Gasteiger partial charge < -0.3 is 11.1 Å². The summed E-state index contributed by atoms with van der Waals surface area (Å²) in [5.74, 6) is 5.37. The number of nitrogens with one attached hydrogen (secondary N) is 2. The quantitative estimate of drug-likeness (QED) is 0.757. The highest BCUT2D eigenvalue weighted by molar-refractivity contribution is 6.32. The number of hydrogen-bond acceptors (Lipinski definition) is 3. The third kappa shape index (κ3) is 3.85. The Morgan fingerprint density at radius 3 is 3.00 bits per heavy atom. The van der Waals surface area contributed by atoms with Crippen molar-refractivity contribution in [3.8, 4) is 11.8 Å². The Morgan fingerprint density at radius 1 is 1.57 bits per heavy atom. The number of carbonyl (C=O) groups is 1. The third-order valence-corrected chi connectivity index (χ3v) is 3.24. The maximum atomic E-state index is 12.2. The molecule has 0 spiro atoms. The fourth-order valence-corrected chi connectivity index (χ4v) is 1.99. The Morgan fingerprint density at radius 2 is 2.38 bits per heavy atom. The molecule has 0 aliphatic rings. The van der Waals surface area contributed by atoms with Gasteiger partial charge in [0.1, 0.15) is 0 Å². The van der Waals surface area contributed by atoms with E-state index in [0.29, 0.717) is 16.1 Å². The van der Waals surface area contributed by atoms with Crippen molar-refractivity contribution in [2.24, 2.45) is 5.73 Å². The van der Waals surface area contributed by atoms with Gasteiger partial charge in [-0.1, -0.05) is 23.4 Å². The molecule has 0 aliphatic heterocycles. The van der Waals surface area contributed by atoms with Gasteiger partial charge in [0.25, 0.3) is 5.91 Å². The van der Waals surface area contributed by atoms with Crippen LogP contribution in [-0.2, 0) is 0 Å². The molecule has 1 atom stereocenters. The molecule has 21 heavy (non-hydrogen) atoms. The lowest BCUT2D eigenvalue weighted by Crippen LogP contribution is -2.26. The Labute approximate surface area is 127 Å². The number of nitrogens with zero attached hydrogens (tertiary/aromatic N) is 1. The standard InChI is InChI=1S/C15H15ClN4O/c1-10(13-8-18-19-9-13)20-15(21)12-5-4-11(3-2-6-17)14(16)7-12/h4-5,7-10H,6,17H2,1H3,(H,18,19)(H,20,21). The Balaban J connectivity index is 2.11. The molecular formula is C15H15ClN4O. The smallest absolute Gasteiger partial charge is 0.251 e. The lowest BCUT2D eigenvalue weighted by Gasteiger charge is -2.12. The molecule has 108 valence electrons. The van der Waals surface area contributed by atoms with Crippen molar-refractivity contribution < 1.29 is 4.79 Å². The van der Waals surface area contributed by atoms with Gasteiger partial charge in [0.05, 0.1) is 23.8 Å². The van der Waals surface area contributed by atoms with E-state index in [2.05, 4.69) is 27.4 Å². The molecule has 1 aromatic carbocycles. The zero-order valence-electron chi connectivity index (χ0n) is 11.5. The molecule has 1 amide bonds. The number of amides is 1. The lowest BCUT2D eigenvalue weighted by atomic mass is 10.1. The van der Waals surface area contributed by atoms with E-state index in [1.165, 1.54) is 0 Å². The zero-order chi connectivity index (χ0) is 15.2. The number of rotatable bonds is 3. The van der Waals surface area contributed by atoms with E-state index in [4.69, 9.17) is 17.3 Å². The van der Waals surface area contributed by atoms with Gasteiger partial charge in [-0.3, -0.25) is 9.89 Å². The molecule has 0 saturated heterocycles. The predicted octanol–water partition coefficient (Wildman–Crippen LogP) is 1.86. The molecule has 2 rings (SSSR count). The number of H-pyrrole nitrogens is 1. The first-order valence-corrected chi connectivity index (χ1v) is 6.77. The molecular weight excluding hydrogens is 288 g/mol. The average Bonchev–Trinajstić information content (AvgIpc) is 3.00. The summed E-state index contributed by atoms with van der Waals surface area (Å²) < 4.78 is 0. The second kappa shape index (κ2) is 6.93. The van der Waals surface area contributed by atoms with E-state index >= 15 is 0 Å². The van der Waals surface area contributed by atoms with Crippen LogP contribution in [0.4, 0.5) is 0 Å². The van der Waals surface area contributed by atoms with Gasteiger partial charge in [0, 0.05) is 22.9 Å². The van der Waals surface area contributed by atoms with Crippen LogP contribution in [-0.4, -0.2) is 22.6 Å². The number of aromatic nitrogens is 2. The van der Waals surface area contributed by atoms with Crippen molar-refractivity contribution in [2.45, 2.75) is 13.0 Å². The number of aromatic amines is 1. The Hall–Kier alpha value is -2.29. The van der Waals surface area contributed by atoms with Crippen LogP contribution >= 0.6 is 11.6 Å². The van der Waals surface area contributed by atoms with E-state index in [9.17, 15) is 4.79 Å². The van der Waals surface area contributed by atoms with Gasteiger partial charge in [-0.05, 0) is 25.1 Å². The maximum absolute atomic E-state index is 12.2. The first-order chi connectivity index (χ1) is 10.1. The first-order valence-electron chi connectivity index (χ1n) is 6.40. The summed E-state index contributed by atoms with van der Waals surface area (Å²) in [6.07, 6.45) is 3.41. The van der Waals surface area contributed by atoms with Crippen LogP contribution in [0.15, 0.2) is 30.6 Å². The molecule has 1 unspecified atom stereocenters. The van der Waals surface area contributed by atoms with Gasteiger partial charge >= 0.3 is 0 Å². The van der Waals surface area contributed by atoms with Crippen LogP contribution < -0.4 is 11.1 Å². The second-order valence-electron chi connectivity index (χ2n) is 4.43. The normalized spacial score (nSPS) is 11.4. The average molecular weight is 303 g/mol. The van der Waals surface area contributed by atoms with E-state index in [-0.39, 0.29) is 18.5 Å². The summed E-state index contributed by atoms with van der Waals surface area (Å²) in [5.41, 5.74) is 7.35. The van der Waals surface area contributed by atoms with Crippen LogP contribution in [0.1, 0.15) is 34.5 Å². The SMILES string of the molecule is CC(NC(=O)c1ccc(C#CCN)c(Cl)c1)c1cn[nH]c1. The van der Waals surface area contributed by atoms with E-state index in [1.807, 2.05) is 6.92 Å². The van der Waals surface area contributed by atoms with Gasteiger partial charge in [0.2, 0.25) is 0 Å². The minimum absolute atomic E-state index is 0.147. The molecule has 6 heteroatoms. The number of benzene rings is 1. The summed E-state index contributed by atoms with van der Waals surface area (Å²) in [6, 6.07) is 4.85. The van der Waals surface area contributed by atoms with E-state index in [1.54, 1.807) is 30.6 Å². The highest BCUT2D eigenvalue weighted by atomic mass is 35.5. The first kappa shape index (κ1) is 15.1. The molecule has 0 saturated carbocycles. The largest absolute Gasteiger partial charge is 0.345 e. The number of carbonyl (C=O) groups excluding carboxylic acids is 1. The van der Waals surface area contributed by atoms with Crippen LogP contribution in [0.5, 0.6) is 0 Å². The molecule has 0 bridgehead atoms. The molecule has 0 radical (unpaired) electrons. The van der Waals surface area contributed by atoms with Gasteiger partial charge in [-0.2, -0.15) is 5.10 Å². The maximum Gasteiger partial charge on any atom is 0.251 e. The van der Waals surface area contributed by atoms with E-state index < -0.39 is 0 Å². The van der Waals surface area contributed by atoms with Crippen LogP contribution in [0, 0.1) is 11.8 Å². The zero-order valence-corrected chi connectivity index (χ0v) is 12.2. The van der Waals surface area contributed by atoms with Crippen LogP contribution in [0.3, 0.4) is 0 Å². The van der Waals surface area contributed by atoms with Crippen molar-refractivity contribution in [3.63, 3.8) is 0 Å². The lowest BCUT2D eigenvalue weighted by molar-refractivity contribution is 0.0940. The van der Waals surface area contributed by atoms with Crippen molar-refractivity contribution in [1.82, 2.24) is 15.5 Å². The predicted molar refractivity (Wildman–Crippen MR) is 81.9 cm³/mol. The number of nitrogens with two attached hydrogens (primary N) is 1. The molecule has 1 heterocycles. The molecule has 0 fully saturated rings. The minimum Gasteiger partial charge on any atom is -0.345 e. The topological polar surface area (TPSA) is 83.8 Å². The highest BCUT2D eigenvalue weighted by Gasteiger charge is 2.13. The van der Waals surface area contributed by atoms with Crippen molar-refractivity contribution in [1.29, 1.82) is 0 Å². The van der Waals surface area contributed by atoms with Gasteiger partial charge in [-0.15, -0.1) is 0 Å². The molecule has 5 nitrogen and oxygen atoms in total. The summed E-state index contributed by atoms with van der Waals surface area (Å²) in [6.45, 7) is 2.15. The molecule has 1 aromatic heterocycles. The summed E-state index contributed by atoms with van der Waals surface area (Å²) in [4.78, 5) is 12.2. The third-order valence-electron chi connectivity index (χ3n) is 2.92. The summed E-state index contributed by atoms with van der Waals surface area (Å²) in [7, 11) is 0. The van der Waals surface area contributed by atoms with Crippen molar-refractivity contribution in [2.75, 3.05) is 6.54 Å². The van der Waals surface area contributed by atoms with Crippen molar-refractivity contribution >= 4 is 17.5 Å². The number of hydrogen-bond donors (Lipinski definition) is 3. The molecule has 0 aliphatic carbocycles. The Bertz CT molecular complexity index is 685. The summed E-state index contributed by atoms with van der Waals surface area (Å²) in [5, 5.41) is 9.87.